The summed E-state index contributed by atoms with van der Waals surface area (Å²) >= 11 is 0. The quantitative estimate of drug-likeness (QED) is 0.544. The third kappa shape index (κ3) is 5.23. The van der Waals surface area contributed by atoms with Crippen LogP contribution in [0.1, 0.15) is 63.5 Å². The lowest BCUT2D eigenvalue weighted by Gasteiger charge is -2.33. The average molecular weight is 424 g/mol. The van der Waals surface area contributed by atoms with Crippen molar-refractivity contribution >= 4 is 16.7 Å². The molecule has 2 fully saturated rings. The van der Waals surface area contributed by atoms with Gasteiger partial charge in [-0.2, -0.15) is 0 Å². The van der Waals surface area contributed by atoms with Crippen molar-refractivity contribution in [3.05, 3.63) is 41.5 Å². The lowest BCUT2D eigenvalue weighted by atomic mass is 9.89. The first kappa shape index (κ1) is 22.1. The van der Waals surface area contributed by atoms with E-state index < -0.39 is 0 Å². The molecule has 0 unspecified atom stereocenters. The third-order valence-electron chi connectivity index (χ3n) is 7.17. The first-order chi connectivity index (χ1) is 15.0. The number of benzene rings is 2. The topological polar surface area (TPSA) is 38.8 Å². The molecule has 0 N–H and O–H groups in total. The lowest BCUT2D eigenvalue weighted by Crippen LogP contribution is -2.36. The highest BCUT2D eigenvalue weighted by molar-refractivity contribution is 5.90. The maximum absolute atomic E-state index is 12.1. The predicted octanol–water partition coefficient (Wildman–Crippen LogP) is 5.88. The van der Waals surface area contributed by atoms with Gasteiger partial charge in [-0.15, -0.1) is 0 Å². The molecule has 0 amide bonds. The van der Waals surface area contributed by atoms with Crippen LogP contribution in [-0.2, 0) is 16.1 Å². The Balaban J connectivity index is 1.54. The molecule has 1 saturated carbocycles. The number of nitrogens with zero attached hydrogens (tertiary/aromatic N) is 1. The van der Waals surface area contributed by atoms with Crippen LogP contribution >= 0.6 is 0 Å². The second-order valence-electron chi connectivity index (χ2n) is 9.52. The van der Waals surface area contributed by atoms with Crippen LogP contribution in [0.5, 0.6) is 5.75 Å². The molecule has 0 atom stereocenters. The smallest absolute Gasteiger partial charge is 0.309 e. The average Bonchev–Trinajstić information content (AvgIpc) is 2.78. The van der Waals surface area contributed by atoms with Crippen molar-refractivity contribution < 1.29 is 14.3 Å². The van der Waals surface area contributed by atoms with Gasteiger partial charge in [0.1, 0.15) is 5.75 Å². The van der Waals surface area contributed by atoms with Gasteiger partial charge in [-0.1, -0.05) is 31.2 Å². The van der Waals surface area contributed by atoms with Crippen LogP contribution in [0, 0.1) is 18.8 Å². The Kier molecular flexibility index (Phi) is 7.16. The van der Waals surface area contributed by atoms with Gasteiger partial charge in [0.15, 0.2) is 0 Å². The Labute approximate surface area is 186 Å². The molecular weight excluding hydrogens is 386 g/mol. The molecular formula is C27H37NO3. The van der Waals surface area contributed by atoms with E-state index in [0.717, 1.165) is 57.0 Å². The zero-order valence-electron chi connectivity index (χ0n) is 19.4. The molecule has 4 nitrogen and oxygen atoms in total. The van der Waals surface area contributed by atoms with E-state index in [9.17, 15) is 4.79 Å². The zero-order chi connectivity index (χ0) is 21.8. The summed E-state index contributed by atoms with van der Waals surface area (Å²) < 4.78 is 11.9. The van der Waals surface area contributed by atoms with E-state index in [1.54, 1.807) is 0 Å². The first-order valence-electron chi connectivity index (χ1n) is 12.1. The molecule has 2 aliphatic rings. The van der Waals surface area contributed by atoms with Gasteiger partial charge >= 0.3 is 5.97 Å². The molecule has 0 spiro atoms. The molecule has 1 aliphatic carbocycles. The van der Waals surface area contributed by atoms with Crippen LogP contribution in [0.25, 0.3) is 10.8 Å². The summed E-state index contributed by atoms with van der Waals surface area (Å²) in [6, 6.07) is 10.9. The highest BCUT2D eigenvalue weighted by Crippen LogP contribution is 2.36. The fourth-order valence-electron chi connectivity index (χ4n) is 5.19. The number of carbonyl (C=O) groups is 1. The van der Waals surface area contributed by atoms with Gasteiger partial charge in [-0.25, -0.2) is 0 Å². The minimum absolute atomic E-state index is 0.0292. The molecule has 0 bridgehead atoms. The number of aryl methyl sites for hydroxylation is 1. The zero-order valence-corrected chi connectivity index (χ0v) is 19.4. The number of fused-ring (bicyclic) bond motifs is 1. The van der Waals surface area contributed by atoms with Crippen molar-refractivity contribution in [1.29, 1.82) is 0 Å². The van der Waals surface area contributed by atoms with Gasteiger partial charge in [0.25, 0.3) is 0 Å². The second kappa shape index (κ2) is 10.0. The van der Waals surface area contributed by atoms with Crippen LogP contribution in [0.15, 0.2) is 30.3 Å². The minimum Gasteiger partial charge on any atom is -0.490 e. The van der Waals surface area contributed by atoms with Crippen molar-refractivity contribution in [2.45, 2.75) is 71.9 Å². The molecule has 2 aromatic rings. The normalized spacial score (nSPS) is 23.1. The number of ether oxygens (including phenoxy) is 2. The molecule has 168 valence electrons. The molecule has 31 heavy (non-hydrogen) atoms. The molecule has 4 heteroatoms. The third-order valence-corrected chi connectivity index (χ3v) is 7.17. The van der Waals surface area contributed by atoms with Gasteiger partial charge < -0.3 is 9.47 Å². The van der Waals surface area contributed by atoms with Crippen molar-refractivity contribution in [3.8, 4) is 5.75 Å². The van der Waals surface area contributed by atoms with E-state index in [2.05, 4.69) is 49.1 Å². The van der Waals surface area contributed by atoms with Crippen LogP contribution in [0.3, 0.4) is 0 Å². The number of likely N-dealkylation sites (tertiary alicyclic amines) is 1. The van der Waals surface area contributed by atoms with Crippen LogP contribution < -0.4 is 4.74 Å². The lowest BCUT2D eigenvalue weighted by molar-refractivity contribution is -0.149. The van der Waals surface area contributed by atoms with Crippen molar-refractivity contribution in [2.24, 2.45) is 11.8 Å². The fraction of sp³-hybridized carbons (Fsp3) is 0.593. The van der Waals surface area contributed by atoms with Gasteiger partial charge in [-0.05, 0) is 93.8 Å². The Hall–Kier alpha value is -2.07. The number of esters is 1. The minimum atomic E-state index is -0.0292. The molecule has 0 radical (unpaired) electrons. The van der Waals surface area contributed by atoms with Gasteiger partial charge in [-0.3, -0.25) is 9.69 Å². The van der Waals surface area contributed by atoms with Gasteiger partial charge in [0.05, 0.1) is 18.6 Å². The van der Waals surface area contributed by atoms with Gasteiger partial charge in [0, 0.05) is 12.1 Å². The summed E-state index contributed by atoms with van der Waals surface area (Å²) in [7, 11) is 0. The van der Waals surface area contributed by atoms with E-state index >= 15 is 0 Å². The highest BCUT2D eigenvalue weighted by Gasteiger charge is 2.27. The Bertz CT molecular complexity index is 893. The van der Waals surface area contributed by atoms with Crippen LogP contribution in [0.2, 0.25) is 0 Å². The van der Waals surface area contributed by atoms with E-state index in [4.69, 9.17) is 9.47 Å². The molecule has 1 heterocycles. The highest BCUT2D eigenvalue weighted by atomic mass is 16.5. The summed E-state index contributed by atoms with van der Waals surface area (Å²) in [5.74, 6) is 1.89. The first-order valence-corrected chi connectivity index (χ1v) is 12.1. The van der Waals surface area contributed by atoms with E-state index in [-0.39, 0.29) is 11.9 Å². The summed E-state index contributed by atoms with van der Waals surface area (Å²) in [6.07, 6.45) is 6.89. The number of carbonyl (C=O) groups excluding carboxylic acids is 1. The summed E-state index contributed by atoms with van der Waals surface area (Å²) in [5.41, 5.74) is 2.58. The van der Waals surface area contributed by atoms with Crippen molar-refractivity contribution in [1.82, 2.24) is 4.90 Å². The monoisotopic (exact) mass is 423 g/mol. The molecule has 1 saturated heterocycles. The van der Waals surface area contributed by atoms with Crippen molar-refractivity contribution in [2.75, 3.05) is 19.7 Å². The Morgan fingerprint density at radius 3 is 2.39 bits per heavy atom. The second-order valence-corrected chi connectivity index (χ2v) is 9.52. The maximum atomic E-state index is 12.1. The predicted molar refractivity (Wildman–Crippen MR) is 125 cm³/mol. The molecule has 2 aromatic carbocycles. The van der Waals surface area contributed by atoms with Crippen LogP contribution in [0.4, 0.5) is 0 Å². The SMILES string of the molecule is CCOC(=O)C1CCN(Cc2c(O[C@H]3CC[C@@H](C)CC3)cc(C)c3ccccc23)CC1. The van der Waals surface area contributed by atoms with Gasteiger partial charge in [0.2, 0.25) is 0 Å². The Morgan fingerprint density at radius 2 is 1.71 bits per heavy atom. The summed E-state index contributed by atoms with van der Waals surface area (Å²) in [4.78, 5) is 14.6. The molecule has 1 aliphatic heterocycles. The number of rotatable bonds is 6. The standard InChI is InChI=1S/C27H37NO3/c1-4-30-27(29)21-13-15-28(16-14-21)18-25-24-8-6-5-7-23(24)20(3)17-26(25)31-22-11-9-19(2)10-12-22/h5-8,17,19,21-22H,4,9-16,18H2,1-3H3/t19-,22+. The number of piperidine rings is 1. The van der Waals surface area contributed by atoms with Crippen LogP contribution in [-0.4, -0.2) is 36.7 Å². The number of hydrogen-bond donors (Lipinski definition) is 0. The molecule has 4 rings (SSSR count). The summed E-state index contributed by atoms with van der Waals surface area (Å²) in [5, 5.41) is 2.61. The van der Waals surface area contributed by atoms with Crippen molar-refractivity contribution in [3.63, 3.8) is 0 Å². The van der Waals surface area contributed by atoms with E-state index in [0.29, 0.717) is 12.7 Å². The van der Waals surface area contributed by atoms with E-state index in [1.165, 1.54) is 34.7 Å². The Morgan fingerprint density at radius 1 is 1.03 bits per heavy atom. The number of hydrogen-bond acceptors (Lipinski definition) is 4. The maximum Gasteiger partial charge on any atom is 0.309 e. The molecule has 0 aromatic heterocycles. The largest absolute Gasteiger partial charge is 0.490 e. The fourth-order valence-corrected chi connectivity index (χ4v) is 5.19. The summed E-state index contributed by atoms with van der Waals surface area (Å²) in [6.45, 7) is 9.60. The van der Waals surface area contributed by atoms with E-state index in [1.807, 2.05) is 6.92 Å².